The number of aliphatic carboxylic acids is 1. The van der Waals surface area contributed by atoms with Crippen LogP contribution in [-0.4, -0.2) is 71.6 Å². The van der Waals surface area contributed by atoms with Gasteiger partial charge >= 0.3 is 5.97 Å². The third kappa shape index (κ3) is 8.82. The van der Waals surface area contributed by atoms with E-state index in [4.69, 9.17) is 26.2 Å². The second-order valence-corrected chi connectivity index (χ2v) is 15.8. The van der Waals surface area contributed by atoms with E-state index in [1.54, 1.807) is 19.4 Å². The van der Waals surface area contributed by atoms with Crippen LogP contribution in [0, 0.1) is 23.1 Å². The molecule has 1 aliphatic carbocycles. The summed E-state index contributed by atoms with van der Waals surface area (Å²) in [5.74, 6) is 0.192. The fourth-order valence-corrected chi connectivity index (χ4v) is 8.90. The first kappa shape index (κ1) is 40.7. The van der Waals surface area contributed by atoms with Gasteiger partial charge in [0.15, 0.2) is 0 Å². The number of methoxy groups -OCH3 is 2. The minimum absolute atomic E-state index is 0.0262. The molecule has 13 heteroatoms. The maximum atomic E-state index is 15.7. The second kappa shape index (κ2) is 18.0. The average Bonchev–Trinajstić information content (AvgIpc) is 3.84. The number of benzene rings is 4. The Bertz CT molecular complexity index is 2370. The number of halogens is 2. The highest BCUT2D eigenvalue weighted by Gasteiger charge is 2.27. The molecule has 302 valence electrons. The van der Waals surface area contributed by atoms with E-state index in [1.165, 1.54) is 13.2 Å². The number of hydrogen-bond donors (Lipinski definition) is 3. The Morgan fingerprint density at radius 3 is 2.48 bits per heavy atom. The van der Waals surface area contributed by atoms with E-state index in [0.29, 0.717) is 70.9 Å². The number of fused-ring (bicyclic) bond motifs is 1. The molecule has 2 heterocycles. The lowest BCUT2D eigenvalue weighted by Gasteiger charge is -2.34. The zero-order valence-corrected chi connectivity index (χ0v) is 33.7. The van der Waals surface area contributed by atoms with Crippen LogP contribution in [0.2, 0.25) is 5.02 Å². The summed E-state index contributed by atoms with van der Waals surface area (Å²) in [6, 6.07) is 21.4. The Kier molecular flexibility index (Phi) is 12.6. The zero-order chi connectivity index (χ0) is 40.9. The summed E-state index contributed by atoms with van der Waals surface area (Å²) in [6.45, 7) is 1.71. The number of carboxylic acid groups (broad SMARTS) is 1. The van der Waals surface area contributed by atoms with Gasteiger partial charge in [-0.1, -0.05) is 41.9 Å². The standard InChI is InChI=1S/C45H48ClFN6O5/c1-52(33-13-10-27(11-14-33)16-44(55)56)25-31-17-29(21-48)30(20-41(31)57-2)26-53-40-9-5-7-35(37(40)24-50-53)36-8-4-6-34(45(36)46)28-18-39(47)38(42(19-28)58-3)23-49-22-32-12-15-43(54)51-32/h4-9,17-20,24,27,32-33,49H,10-16,22-23,25-26H2,1-3H3,(H,51,54)(H,55,56)/t27-,32-,33-/m0/s1. The van der Waals surface area contributed by atoms with Crippen molar-refractivity contribution in [1.82, 2.24) is 25.3 Å². The van der Waals surface area contributed by atoms with Crippen LogP contribution in [0.3, 0.4) is 0 Å². The van der Waals surface area contributed by atoms with E-state index in [2.05, 4.69) is 28.7 Å². The van der Waals surface area contributed by atoms with Gasteiger partial charge in [0.05, 0.1) is 49.1 Å². The molecule has 2 fully saturated rings. The van der Waals surface area contributed by atoms with E-state index >= 15 is 4.39 Å². The summed E-state index contributed by atoms with van der Waals surface area (Å²) in [5.41, 5.74) is 6.32. The van der Waals surface area contributed by atoms with Crippen LogP contribution in [0.5, 0.6) is 11.5 Å². The lowest BCUT2D eigenvalue weighted by atomic mass is 9.83. The first-order valence-corrected chi connectivity index (χ1v) is 20.1. The number of nitrogens with zero attached hydrogens (tertiary/aromatic N) is 4. The van der Waals surface area contributed by atoms with Gasteiger partial charge in [-0.25, -0.2) is 4.39 Å². The molecule has 1 saturated heterocycles. The van der Waals surface area contributed by atoms with Crippen LogP contribution < -0.4 is 20.1 Å². The highest BCUT2D eigenvalue weighted by molar-refractivity contribution is 6.36. The smallest absolute Gasteiger partial charge is 0.303 e. The van der Waals surface area contributed by atoms with Gasteiger partial charge in [-0.05, 0) is 92.1 Å². The Balaban J connectivity index is 1.11. The first-order valence-electron chi connectivity index (χ1n) is 19.7. The van der Waals surface area contributed by atoms with Gasteiger partial charge in [0.25, 0.3) is 0 Å². The first-order chi connectivity index (χ1) is 28.1. The number of carboxylic acids is 1. The van der Waals surface area contributed by atoms with Gasteiger partial charge in [0, 0.05) is 72.2 Å². The van der Waals surface area contributed by atoms with Crippen molar-refractivity contribution in [3.63, 3.8) is 0 Å². The highest BCUT2D eigenvalue weighted by atomic mass is 35.5. The topological polar surface area (TPSA) is 142 Å². The molecule has 1 atom stereocenters. The van der Waals surface area contributed by atoms with Crippen LogP contribution in [-0.2, 0) is 29.2 Å². The minimum Gasteiger partial charge on any atom is -0.496 e. The van der Waals surface area contributed by atoms with Crippen molar-refractivity contribution in [1.29, 1.82) is 5.26 Å². The van der Waals surface area contributed by atoms with Gasteiger partial charge in [0.2, 0.25) is 5.91 Å². The number of ether oxygens (including phenoxy) is 2. The third-order valence-corrected chi connectivity index (χ3v) is 12.1. The molecule has 1 aliphatic heterocycles. The molecule has 11 nitrogen and oxygen atoms in total. The van der Waals surface area contributed by atoms with Crippen molar-refractivity contribution in [2.24, 2.45) is 5.92 Å². The SMILES string of the molecule is COc1cc(Cn2ncc3c(-c4cccc(-c5cc(F)c(CNC[C@@H]6CCC(=O)N6)c(OC)c5)c4Cl)cccc32)c(C#N)cc1CN(C)[C@H]1CC[C@H](CC(=O)O)CC1. The summed E-state index contributed by atoms with van der Waals surface area (Å²) < 4.78 is 29.1. The molecule has 2 aliphatic rings. The molecule has 7 rings (SSSR count). The van der Waals surface area contributed by atoms with E-state index in [0.717, 1.165) is 65.3 Å². The Morgan fingerprint density at radius 1 is 1.03 bits per heavy atom. The van der Waals surface area contributed by atoms with Crippen molar-refractivity contribution in [2.75, 3.05) is 27.8 Å². The van der Waals surface area contributed by atoms with Crippen LogP contribution in [0.4, 0.5) is 4.39 Å². The highest BCUT2D eigenvalue weighted by Crippen LogP contribution is 2.41. The normalized spacial score (nSPS) is 18.0. The summed E-state index contributed by atoms with van der Waals surface area (Å²) in [5, 5.41) is 31.7. The fraction of sp³-hybridized carbons (Fsp3) is 0.378. The maximum Gasteiger partial charge on any atom is 0.303 e. The quantitative estimate of drug-likeness (QED) is 0.0962. The molecule has 58 heavy (non-hydrogen) atoms. The third-order valence-electron chi connectivity index (χ3n) is 11.7. The molecule has 1 amide bonds. The van der Waals surface area contributed by atoms with E-state index in [-0.39, 0.29) is 30.8 Å². The number of amides is 1. The van der Waals surface area contributed by atoms with Crippen LogP contribution >= 0.6 is 11.6 Å². The van der Waals surface area contributed by atoms with Gasteiger partial charge in [-0.2, -0.15) is 10.4 Å². The molecule has 0 radical (unpaired) electrons. The molecule has 0 bridgehead atoms. The fourth-order valence-electron chi connectivity index (χ4n) is 8.56. The van der Waals surface area contributed by atoms with Crippen molar-refractivity contribution in [3.05, 3.63) is 100.0 Å². The number of rotatable bonds is 15. The zero-order valence-electron chi connectivity index (χ0n) is 33.0. The van der Waals surface area contributed by atoms with E-state index < -0.39 is 11.8 Å². The van der Waals surface area contributed by atoms with Gasteiger partial charge in [0.1, 0.15) is 17.3 Å². The summed E-state index contributed by atoms with van der Waals surface area (Å²) >= 11 is 7.16. The van der Waals surface area contributed by atoms with Crippen molar-refractivity contribution >= 4 is 34.4 Å². The molecule has 0 unspecified atom stereocenters. The van der Waals surface area contributed by atoms with Crippen LogP contribution in [0.1, 0.15) is 67.2 Å². The summed E-state index contributed by atoms with van der Waals surface area (Å²) in [4.78, 5) is 25.0. The predicted octanol–water partition coefficient (Wildman–Crippen LogP) is 7.93. The Morgan fingerprint density at radius 2 is 1.78 bits per heavy atom. The summed E-state index contributed by atoms with van der Waals surface area (Å²) in [6.07, 6.45) is 6.94. The number of carbonyl (C=O) groups is 2. The van der Waals surface area contributed by atoms with E-state index in [1.807, 2.05) is 53.2 Å². The molecule has 1 aromatic heterocycles. The molecule has 5 aromatic rings. The Hall–Kier alpha value is -5.48. The number of hydrogen-bond acceptors (Lipinski definition) is 8. The Labute approximate surface area is 342 Å². The predicted molar refractivity (Wildman–Crippen MR) is 221 cm³/mol. The number of aromatic nitrogens is 2. The lowest BCUT2D eigenvalue weighted by Crippen LogP contribution is -2.35. The van der Waals surface area contributed by atoms with Crippen molar-refractivity contribution in [3.8, 4) is 39.8 Å². The molecule has 0 spiro atoms. The molecular formula is C45H48ClFN6O5. The number of nitriles is 1. The van der Waals surface area contributed by atoms with Crippen molar-refractivity contribution in [2.45, 2.75) is 76.7 Å². The number of nitrogens with one attached hydrogen (secondary N) is 2. The number of carbonyl (C=O) groups excluding carboxylic acids is 1. The van der Waals surface area contributed by atoms with Gasteiger partial charge in [-0.15, -0.1) is 0 Å². The largest absolute Gasteiger partial charge is 0.496 e. The van der Waals surface area contributed by atoms with E-state index in [9.17, 15) is 20.0 Å². The van der Waals surface area contributed by atoms with Gasteiger partial charge in [-0.3, -0.25) is 19.2 Å². The van der Waals surface area contributed by atoms with Crippen molar-refractivity contribution < 1.29 is 28.6 Å². The molecule has 3 N–H and O–H groups in total. The maximum absolute atomic E-state index is 15.7. The second-order valence-electron chi connectivity index (χ2n) is 15.4. The molecule has 4 aromatic carbocycles. The van der Waals surface area contributed by atoms with Crippen LogP contribution in [0.25, 0.3) is 33.2 Å². The van der Waals surface area contributed by atoms with Crippen LogP contribution in [0.15, 0.2) is 66.9 Å². The lowest BCUT2D eigenvalue weighted by molar-refractivity contribution is -0.138. The molecule has 1 saturated carbocycles. The molecular weight excluding hydrogens is 759 g/mol. The minimum atomic E-state index is -0.735. The van der Waals surface area contributed by atoms with Gasteiger partial charge < -0.3 is 25.2 Å². The monoisotopic (exact) mass is 806 g/mol. The average molecular weight is 807 g/mol. The summed E-state index contributed by atoms with van der Waals surface area (Å²) in [7, 11) is 5.22.